The van der Waals surface area contributed by atoms with Gasteiger partial charge < -0.3 is 4.74 Å². The van der Waals surface area contributed by atoms with E-state index in [1.807, 2.05) is 6.07 Å². The number of nitrogens with zero attached hydrogens (tertiary/aromatic N) is 2. The van der Waals surface area contributed by atoms with Gasteiger partial charge in [-0.3, -0.25) is 19.4 Å². The van der Waals surface area contributed by atoms with Crippen LogP contribution in [0.1, 0.15) is 11.1 Å². The molecule has 0 bridgehead atoms. The molecule has 0 aliphatic carbocycles. The molecule has 1 fully saturated rings. The Hall–Kier alpha value is -2.41. The fraction of sp³-hybridized carbons (Fsp3) is 0.150. The van der Waals surface area contributed by atoms with E-state index in [0.29, 0.717) is 28.0 Å². The summed E-state index contributed by atoms with van der Waals surface area (Å²) in [5.74, 6) is -0.203. The SMILES string of the molecule is CN1C(=O)C(=Cc2ccc(OCc3ccc(Cl)c(Cl)c3)cc2)C(=O)N(C)C1=S. The van der Waals surface area contributed by atoms with Crippen molar-refractivity contribution in [1.29, 1.82) is 0 Å². The quantitative estimate of drug-likeness (QED) is 0.411. The molecular weight excluding hydrogens is 419 g/mol. The highest BCUT2D eigenvalue weighted by atomic mass is 35.5. The van der Waals surface area contributed by atoms with Gasteiger partial charge in [-0.1, -0.05) is 41.4 Å². The lowest BCUT2D eigenvalue weighted by molar-refractivity contribution is -0.132. The zero-order valence-corrected chi connectivity index (χ0v) is 17.4. The topological polar surface area (TPSA) is 49.9 Å². The Morgan fingerprint density at radius 2 is 1.57 bits per heavy atom. The van der Waals surface area contributed by atoms with Crippen molar-refractivity contribution in [2.45, 2.75) is 6.61 Å². The van der Waals surface area contributed by atoms with Crippen LogP contribution in [-0.4, -0.2) is 40.8 Å². The summed E-state index contributed by atoms with van der Waals surface area (Å²) < 4.78 is 5.73. The van der Waals surface area contributed by atoms with Gasteiger partial charge in [-0.25, -0.2) is 0 Å². The molecule has 3 rings (SSSR count). The van der Waals surface area contributed by atoms with Crippen LogP contribution in [0.2, 0.25) is 10.0 Å². The van der Waals surface area contributed by atoms with Gasteiger partial charge in [0.15, 0.2) is 5.11 Å². The van der Waals surface area contributed by atoms with Crippen molar-refractivity contribution in [3.63, 3.8) is 0 Å². The summed E-state index contributed by atoms with van der Waals surface area (Å²) >= 11 is 17.0. The number of benzene rings is 2. The van der Waals surface area contributed by atoms with Gasteiger partial charge >= 0.3 is 0 Å². The van der Waals surface area contributed by atoms with Crippen LogP contribution in [0.3, 0.4) is 0 Å². The summed E-state index contributed by atoms with van der Waals surface area (Å²) in [4.78, 5) is 27.3. The molecule has 5 nitrogen and oxygen atoms in total. The van der Waals surface area contributed by atoms with Gasteiger partial charge in [0.25, 0.3) is 11.8 Å². The largest absolute Gasteiger partial charge is 0.489 e. The number of carbonyl (C=O) groups excluding carboxylic acids is 2. The third-order valence-electron chi connectivity index (χ3n) is 4.22. The smallest absolute Gasteiger partial charge is 0.265 e. The lowest BCUT2D eigenvalue weighted by Crippen LogP contribution is -2.52. The highest BCUT2D eigenvalue weighted by Gasteiger charge is 2.35. The standard InChI is InChI=1S/C20H16Cl2N2O3S/c1-23-18(25)15(19(26)24(2)20(23)28)9-12-3-6-14(7-4-12)27-11-13-5-8-16(21)17(22)10-13/h3-10H,11H2,1-2H3. The van der Waals surface area contributed by atoms with Crippen molar-refractivity contribution >= 4 is 58.4 Å². The van der Waals surface area contributed by atoms with Gasteiger partial charge in [0.1, 0.15) is 17.9 Å². The Balaban J connectivity index is 1.72. The summed E-state index contributed by atoms with van der Waals surface area (Å²) in [5.41, 5.74) is 1.65. The molecule has 2 aromatic rings. The third-order valence-corrected chi connectivity index (χ3v) is 5.51. The van der Waals surface area contributed by atoms with E-state index in [1.54, 1.807) is 56.6 Å². The van der Waals surface area contributed by atoms with Crippen LogP contribution < -0.4 is 4.74 Å². The fourth-order valence-electron chi connectivity index (χ4n) is 2.60. The number of thiocarbonyl (C=S) groups is 1. The van der Waals surface area contributed by atoms with Gasteiger partial charge in [0, 0.05) is 14.1 Å². The molecule has 2 aromatic carbocycles. The molecule has 1 aliphatic heterocycles. The molecule has 0 saturated carbocycles. The first-order valence-electron chi connectivity index (χ1n) is 8.26. The number of amides is 2. The lowest BCUT2D eigenvalue weighted by atomic mass is 10.1. The summed E-state index contributed by atoms with van der Waals surface area (Å²) in [6.07, 6.45) is 1.54. The molecule has 0 unspecified atom stereocenters. The molecule has 0 aromatic heterocycles. The van der Waals surface area contributed by atoms with E-state index in [9.17, 15) is 9.59 Å². The van der Waals surface area contributed by atoms with E-state index in [4.69, 9.17) is 40.2 Å². The minimum atomic E-state index is -0.423. The summed E-state index contributed by atoms with van der Waals surface area (Å²) in [6.45, 7) is 0.335. The van der Waals surface area contributed by atoms with Crippen molar-refractivity contribution < 1.29 is 14.3 Å². The zero-order chi connectivity index (χ0) is 20.4. The van der Waals surface area contributed by atoms with Gasteiger partial charge in [0.2, 0.25) is 0 Å². The monoisotopic (exact) mass is 434 g/mol. The Morgan fingerprint density at radius 3 is 2.14 bits per heavy atom. The molecule has 1 heterocycles. The van der Waals surface area contributed by atoms with Crippen molar-refractivity contribution in [3.8, 4) is 5.75 Å². The van der Waals surface area contributed by atoms with Crippen LogP contribution in [0.15, 0.2) is 48.0 Å². The summed E-state index contributed by atoms with van der Waals surface area (Å²) in [7, 11) is 3.09. The van der Waals surface area contributed by atoms with Crippen LogP contribution in [0.4, 0.5) is 0 Å². The van der Waals surface area contributed by atoms with Crippen molar-refractivity contribution in [3.05, 3.63) is 69.2 Å². The maximum absolute atomic E-state index is 12.4. The average molecular weight is 435 g/mol. The minimum absolute atomic E-state index is 0.0584. The predicted molar refractivity (Wildman–Crippen MR) is 113 cm³/mol. The van der Waals surface area contributed by atoms with Crippen LogP contribution in [-0.2, 0) is 16.2 Å². The summed E-state index contributed by atoms with van der Waals surface area (Å²) in [5, 5.41) is 1.14. The number of ether oxygens (including phenoxy) is 1. The van der Waals surface area contributed by atoms with E-state index in [1.165, 1.54) is 9.80 Å². The first-order chi connectivity index (χ1) is 13.3. The third kappa shape index (κ3) is 4.19. The van der Waals surface area contributed by atoms with Crippen LogP contribution in [0, 0.1) is 0 Å². The molecule has 0 radical (unpaired) electrons. The van der Waals surface area contributed by atoms with E-state index in [-0.39, 0.29) is 10.7 Å². The maximum atomic E-state index is 12.4. The molecule has 1 saturated heterocycles. The highest BCUT2D eigenvalue weighted by Crippen LogP contribution is 2.24. The first-order valence-corrected chi connectivity index (χ1v) is 9.43. The second-order valence-corrected chi connectivity index (χ2v) is 7.35. The fourth-order valence-corrected chi connectivity index (χ4v) is 3.08. The molecule has 0 atom stereocenters. The number of hydrogen-bond donors (Lipinski definition) is 0. The molecule has 2 amide bonds. The first kappa shape index (κ1) is 20.3. The Labute approximate surface area is 178 Å². The molecule has 144 valence electrons. The van der Waals surface area contributed by atoms with Crippen molar-refractivity contribution in [2.75, 3.05) is 14.1 Å². The normalized spacial score (nSPS) is 14.6. The van der Waals surface area contributed by atoms with E-state index < -0.39 is 11.8 Å². The van der Waals surface area contributed by atoms with Crippen LogP contribution in [0.25, 0.3) is 6.08 Å². The van der Waals surface area contributed by atoms with Crippen LogP contribution >= 0.6 is 35.4 Å². The molecule has 1 aliphatic rings. The minimum Gasteiger partial charge on any atom is -0.489 e. The van der Waals surface area contributed by atoms with Crippen molar-refractivity contribution in [1.82, 2.24) is 9.80 Å². The summed E-state index contributed by atoms with van der Waals surface area (Å²) in [6, 6.07) is 12.4. The second-order valence-electron chi connectivity index (χ2n) is 6.18. The number of rotatable bonds is 4. The average Bonchev–Trinajstić information content (AvgIpc) is 2.70. The molecule has 8 heteroatoms. The number of hydrogen-bond acceptors (Lipinski definition) is 4. The molecular formula is C20H16Cl2N2O3S. The van der Waals surface area contributed by atoms with E-state index in [0.717, 1.165) is 5.56 Å². The Morgan fingerprint density at radius 1 is 0.964 bits per heavy atom. The predicted octanol–water partition coefficient (Wildman–Crippen LogP) is 4.17. The number of likely N-dealkylation sites (N-methyl/N-ethyl adjacent to an activating group) is 2. The second kappa shape index (κ2) is 8.31. The van der Waals surface area contributed by atoms with Gasteiger partial charge in [-0.2, -0.15) is 0 Å². The molecule has 28 heavy (non-hydrogen) atoms. The van der Waals surface area contributed by atoms with Crippen molar-refractivity contribution in [2.24, 2.45) is 0 Å². The zero-order valence-electron chi connectivity index (χ0n) is 15.1. The number of carbonyl (C=O) groups is 2. The van der Waals surface area contributed by atoms with Gasteiger partial charge in [-0.05, 0) is 53.7 Å². The molecule has 0 N–H and O–H groups in total. The van der Waals surface area contributed by atoms with Crippen LogP contribution in [0.5, 0.6) is 5.75 Å². The van der Waals surface area contributed by atoms with Gasteiger partial charge in [0.05, 0.1) is 10.0 Å². The lowest BCUT2D eigenvalue weighted by Gasteiger charge is -2.31. The maximum Gasteiger partial charge on any atom is 0.265 e. The van der Waals surface area contributed by atoms with E-state index >= 15 is 0 Å². The number of halogens is 2. The van der Waals surface area contributed by atoms with E-state index in [2.05, 4.69) is 0 Å². The molecule has 0 spiro atoms. The Bertz CT molecular complexity index is 963. The highest BCUT2D eigenvalue weighted by molar-refractivity contribution is 7.80. The Kier molecular flexibility index (Phi) is 6.03. The van der Waals surface area contributed by atoms with Gasteiger partial charge in [-0.15, -0.1) is 0 Å².